The molecule has 0 atom stereocenters. The molecule has 0 saturated heterocycles. The minimum Gasteiger partial charge on any atom is -0.478 e. The molecule has 0 aliphatic carbocycles. The number of carboxylic acids is 1. The van der Waals surface area contributed by atoms with Crippen LogP contribution in [0.1, 0.15) is 49.8 Å². The van der Waals surface area contributed by atoms with Gasteiger partial charge in [0.15, 0.2) is 0 Å². The van der Waals surface area contributed by atoms with Crippen molar-refractivity contribution >= 4 is 17.0 Å². The monoisotopic (exact) mass is 290 g/mol. The summed E-state index contributed by atoms with van der Waals surface area (Å²) in [5.41, 5.74) is 1.70. The smallest absolute Gasteiger partial charge is 0.337 e. The molecule has 0 aliphatic rings. The Bertz CT molecular complexity index is 644. The van der Waals surface area contributed by atoms with Gasteiger partial charge in [-0.3, -0.25) is 0 Å². The average molecular weight is 290 g/mol. The first-order chi connectivity index (χ1) is 9.91. The third-order valence-electron chi connectivity index (χ3n) is 3.31. The third kappa shape index (κ3) is 3.24. The second kappa shape index (κ2) is 6.26. The molecular formula is C16H22N2O3. The number of carboxylic acid groups (broad SMARTS) is 1. The Kier molecular flexibility index (Phi) is 4.63. The largest absolute Gasteiger partial charge is 0.478 e. The van der Waals surface area contributed by atoms with Crippen LogP contribution >= 0.6 is 0 Å². The van der Waals surface area contributed by atoms with Crippen molar-refractivity contribution in [3.63, 3.8) is 0 Å². The Balaban J connectivity index is 2.52. The summed E-state index contributed by atoms with van der Waals surface area (Å²) in [4.78, 5) is 16.1. The Labute approximate surface area is 124 Å². The van der Waals surface area contributed by atoms with Crippen LogP contribution < -0.4 is 0 Å². The number of aromatic carboxylic acids is 1. The van der Waals surface area contributed by atoms with Crippen LogP contribution in [0.15, 0.2) is 18.2 Å². The summed E-state index contributed by atoms with van der Waals surface area (Å²) in [6, 6.07) is 5.21. The second-order valence-corrected chi connectivity index (χ2v) is 5.67. The van der Waals surface area contributed by atoms with E-state index in [9.17, 15) is 9.90 Å². The van der Waals surface area contributed by atoms with Crippen molar-refractivity contribution < 1.29 is 14.6 Å². The molecule has 1 aromatic heterocycles. The maximum absolute atomic E-state index is 11.5. The first kappa shape index (κ1) is 15.5. The van der Waals surface area contributed by atoms with Crippen molar-refractivity contribution in [1.29, 1.82) is 0 Å². The number of benzene rings is 1. The Morgan fingerprint density at radius 3 is 2.62 bits per heavy atom. The molecule has 2 rings (SSSR count). The minimum absolute atomic E-state index is 0.154. The highest BCUT2D eigenvalue weighted by molar-refractivity contribution is 6.01. The average Bonchev–Trinajstić information content (AvgIpc) is 2.77. The standard InChI is InChI=1S/C16H22N2O3/c1-10(2)15-17-13-7-5-6-12(16(19)20)14(13)18(15)8-9-21-11(3)4/h5-7,10-11H,8-9H2,1-4H3,(H,19,20). The van der Waals surface area contributed by atoms with Gasteiger partial charge in [-0.05, 0) is 26.0 Å². The van der Waals surface area contributed by atoms with Gasteiger partial charge in [0.2, 0.25) is 0 Å². The normalized spacial score (nSPS) is 11.7. The molecule has 0 spiro atoms. The van der Waals surface area contributed by atoms with Crippen molar-refractivity contribution in [2.24, 2.45) is 0 Å². The number of ether oxygens (including phenoxy) is 1. The van der Waals surface area contributed by atoms with Gasteiger partial charge in [-0.2, -0.15) is 0 Å². The van der Waals surface area contributed by atoms with E-state index in [0.717, 1.165) is 11.3 Å². The zero-order chi connectivity index (χ0) is 15.6. The molecule has 2 aromatic rings. The maximum Gasteiger partial charge on any atom is 0.337 e. The van der Waals surface area contributed by atoms with Crippen molar-refractivity contribution in [3.8, 4) is 0 Å². The summed E-state index contributed by atoms with van der Waals surface area (Å²) in [6.07, 6.45) is 0.154. The fourth-order valence-electron chi connectivity index (χ4n) is 2.42. The van der Waals surface area contributed by atoms with Crippen LogP contribution in [-0.4, -0.2) is 33.3 Å². The lowest BCUT2D eigenvalue weighted by molar-refractivity contribution is 0.0691. The highest BCUT2D eigenvalue weighted by Crippen LogP contribution is 2.25. The van der Waals surface area contributed by atoms with Gasteiger partial charge < -0.3 is 14.4 Å². The van der Waals surface area contributed by atoms with Gasteiger partial charge in [-0.15, -0.1) is 0 Å². The van der Waals surface area contributed by atoms with E-state index in [1.165, 1.54) is 0 Å². The third-order valence-corrected chi connectivity index (χ3v) is 3.31. The van der Waals surface area contributed by atoms with Crippen LogP contribution in [0.25, 0.3) is 11.0 Å². The lowest BCUT2D eigenvalue weighted by atomic mass is 10.2. The molecule has 1 heterocycles. The first-order valence-corrected chi connectivity index (χ1v) is 7.25. The van der Waals surface area contributed by atoms with Gasteiger partial charge in [0.25, 0.3) is 0 Å². The van der Waals surface area contributed by atoms with Crippen LogP contribution in [0.5, 0.6) is 0 Å². The molecule has 1 N–H and O–H groups in total. The molecule has 0 unspecified atom stereocenters. The van der Waals surface area contributed by atoms with E-state index < -0.39 is 5.97 Å². The molecule has 1 aromatic carbocycles. The topological polar surface area (TPSA) is 64.4 Å². The van der Waals surface area contributed by atoms with Gasteiger partial charge in [0, 0.05) is 12.5 Å². The summed E-state index contributed by atoms with van der Waals surface area (Å²) < 4.78 is 7.58. The molecule has 0 radical (unpaired) electrons. The van der Waals surface area contributed by atoms with E-state index in [-0.39, 0.29) is 17.6 Å². The summed E-state index contributed by atoms with van der Waals surface area (Å²) in [7, 11) is 0. The number of para-hydroxylation sites is 1. The van der Waals surface area contributed by atoms with Crippen molar-refractivity contribution in [2.45, 2.75) is 46.3 Å². The Morgan fingerprint density at radius 1 is 1.33 bits per heavy atom. The number of imidazole rings is 1. The van der Waals surface area contributed by atoms with E-state index in [4.69, 9.17) is 4.74 Å². The molecule has 5 heteroatoms. The van der Waals surface area contributed by atoms with Crippen molar-refractivity contribution in [1.82, 2.24) is 9.55 Å². The van der Waals surface area contributed by atoms with Crippen LogP contribution in [0, 0.1) is 0 Å². The first-order valence-electron chi connectivity index (χ1n) is 7.25. The fourth-order valence-corrected chi connectivity index (χ4v) is 2.42. The van der Waals surface area contributed by atoms with Crippen LogP contribution in [-0.2, 0) is 11.3 Å². The van der Waals surface area contributed by atoms with Gasteiger partial charge in [-0.25, -0.2) is 9.78 Å². The van der Waals surface area contributed by atoms with Crippen molar-refractivity contribution in [3.05, 3.63) is 29.6 Å². The molecule has 5 nitrogen and oxygen atoms in total. The number of aromatic nitrogens is 2. The molecular weight excluding hydrogens is 268 g/mol. The van der Waals surface area contributed by atoms with Crippen molar-refractivity contribution in [2.75, 3.05) is 6.61 Å². The molecule has 21 heavy (non-hydrogen) atoms. The number of rotatable bonds is 6. The number of hydrogen-bond donors (Lipinski definition) is 1. The highest BCUT2D eigenvalue weighted by Gasteiger charge is 2.19. The lowest BCUT2D eigenvalue weighted by Crippen LogP contribution is -2.14. The highest BCUT2D eigenvalue weighted by atomic mass is 16.5. The quantitative estimate of drug-likeness (QED) is 0.886. The second-order valence-electron chi connectivity index (χ2n) is 5.67. The number of fused-ring (bicyclic) bond motifs is 1. The predicted molar refractivity (Wildman–Crippen MR) is 81.9 cm³/mol. The Hall–Kier alpha value is -1.88. The fraction of sp³-hybridized carbons (Fsp3) is 0.500. The van der Waals surface area contributed by atoms with Gasteiger partial charge in [-0.1, -0.05) is 19.9 Å². The number of nitrogens with zero attached hydrogens (tertiary/aromatic N) is 2. The van der Waals surface area contributed by atoms with Gasteiger partial charge in [0.05, 0.1) is 29.3 Å². The van der Waals surface area contributed by atoms with E-state index in [0.29, 0.717) is 18.7 Å². The van der Waals surface area contributed by atoms with Gasteiger partial charge in [0.1, 0.15) is 5.82 Å². The zero-order valence-electron chi connectivity index (χ0n) is 13.0. The van der Waals surface area contributed by atoms with E-state index >= 15 is 0 Å². The molecule has 0 bridgehead atoms. The summed E-state index contributed by atoms with van der Waals surface area (Å²) in [6.45, 7) is 9.22. The maximum atomic E-state index is 11.5. The van der Waals surface area contributed by atoms with Crippen LogP contribution in [0.4, 0.5) is 0 Å². The summed E-state index contributed by atoms with van der Waals surface area (Å²) in [5, 5.41) is 9.40. The summed E-state index contributed by atoms with van der Waals surface area (Å²) >= 11 is 0. The van der Waals surface area contributed by atoms with Crippen LogP contribution in [0.2, 0.25) is 0 Å². The van der Waals surface area contributed by atoms with E-state index in [1.807, 2.05) is 24.5 Å². The van der Waals surface area contributed by atoms with Gasteiger partial charge >= 0.3 is 5.97 Å². The minimum atomic E-state index is -0.929. The molecule has 0 amide bonds. The summed E-state index contributed by atoms with van der Waals surface area (Å²) in [5.74, 6) is 0.186. The predicted octanol–water partition coefficient (Wildman–Crippen LogP) is 3.28. The Morgan fingerprint density at radius 2 is 2.05 bits per heavy atom. The lowest BCUT2D eigenvalue weighted by Gasteiger charge is -2.14. The molecule has 114 valence electrons. The van der Waals surface area contributed by atoms with E-state index in [2.05, 4.69) is 18.8 Å². The number of carbonyl (C=O) groups is 1. The molecule has 0 aliphatic heterocycles. The molecule has 0 saturated carbocycles. The van der Waals surface area contributed by atoms with Crippen LogP contribution in [0.3, 0.4) is 0 Å². The zero-order valence-corrected chi connectivity index (χ0v) is 13.0. The number of hydrogen-bond acceptors (Lipinski definition) is 3. The van der Waals surface area contributed by atoms with E-state index in [1.54, 1.807) is 12.1 Å². The molecule has 0 fully saturated rings. The SMILES string of the molecule is CC(C)OCCn1c(C(C)C)nc2cccc(C(=O)O)c21.